The van der Waals surface area contributed by atoms with E-state index in [9.17, 15) is 0 Å². The molecule has 124 valence electrons. The molecule has 0 bridgehead atoms. The third-order valence-electron chi connectivity index (χ3n) is 3.94. The summed E-state index contributed by atoms with van der Waals surface area (Å²) in [7, 11) is 0. The number of rotatable bonds is 4. The first-order valence-electron chi connectivity index (χ1n) is 7.70. The molecule has 0 N–H and O–H groups in total. The van der Waals surface area contributed by atoms with Crippen LogP contribution in [0.2, 0.25) is 10.0 Å². The van der Waals surface area contributed by atoms with Crippen molar-refractivity contribution in [3.63, 3.8) is 0 Å². The van der Waals surface area contributed by atoms with E-state index in [0.717, 1.165) is 27.8 Å². The fourth-order valence-corrected chi connectivity index (χ4v) is 3.03. The summed E-state index contributed by atoms with van der Waals surface area (Å²) in [6, 6.07) is 19.1. The number of nitrogens with zero attached hydrogens (tertiary/aromatic N) is 1. The molecular weight excluding hydrogens is 357 g/mol. The van der Waals surface area contributed by atoms with E-state index in [0.29, 0.717) is 22.4 Å². The van der Waals surface area contributed by atoms with Crippen molar-refractivity contribution in [1.82, 2.24) is 4.98 Å². The lowest BCUT2D eigenvalue weighted by Crippen LogP contribution is -1.96. The molecule has 0 spiro atoms. The number of hydrogen-bond acceptors (Lipinski definition) is 3. The van der Waals surface area contributed by atoms with Crippen LogP contribution in [0.5, 0.6) is 5.75 Å². The van der Waals surface area contributed by atoms with Crippen LogP contribution in [0.4, 0.5) is 0 Å². The van der Waals surface area contributed by atoms with Crippen LogP contribution < -0.4 is 4.74 Å². The minimum absolute atomic E-state index is 0.364. The van der Waals surface area contributed by atoms with Gasteiger partial charge in [0.1, 0.15) is 17.9 Å². The van der Waals surface area contributed by atoms with Crippen molar-refractivity contribution in [2.45, 2.75) is 6.61 Å². The molecule has 5 heteroatoms. The highest BCUT2D eigenvalue weighted by molar-refractivity contribution is 6.32. The van der Waals surface area contributed by atoms with Crippen LogP contribution >= 0.6 is 23.2 Å². The largest absolute Gasteiger partial charge is 0.487 e. The van der Waals surface area contributed by atoms with E-state index in [1.807, 2.05) is 60.7 Å². The van der Waals surface area contributed by atoms with Gasteiger partial charge in [0, 0.05) is 10.6 Å². The first kappa shape index (κ1) is 16.0. The number of hydrogen-bond donors (Lipinski definition) is 0. The van der Waals surface area contributed by atoms with Crippen molar-refractivity contribution in [1.29, 1.82) is 0 Å². The van der Waals surface area contributed by atoms with E-state index in [-0.39, 0.29) is 0 Å². The molecule has 0 unspecified atom stereocenters. The summed E-state index contributed by atoms with van der Waals surface area (Å²) in [5, 5.41) is 1.22. The van der Waals surface area contributed by atoms with Gasteiger partial charge < -0.3 is 9.15 Å². The van der Waals surface area contributed by atoms with Gasteiger partial charge in [0.25, 0.3) is 0 Å². The molecule has 3 aromatic carbocycles. The Kier molecular flexibility index (Phi) is 4.35. The van der Waals surface area contributed by atoms with Crippen LogP contribution in [-0.2, 0) is 6.61 Å². The predicted octanol–water partition coefficient (Wildman–Crippen LogP) is 6.38. The second kappa shape index (κ2) is 6.79. The SMILES string of the molecule is Clc1ccccc1COc1ccc(-c2ccc3ncoc3c2)cc1Cl. The summed E-state index contributed by atoms with van der Waals surface area (Å²) < 4.78 is 11.2. The standard InChI is InChI=1S/C20H13Cl2NO2/c21-16-4-2-1-3-15(16)11-24-19-8-6-13(9-17(19)22)14-5-7-18-20(10-14)25-12-23-18/h1-10,12H,11H2. The molecular formula is C20H13Cl2NO2. The van der Waals surface area contributed by atoms with Gasteiger partial charge in [0.05, 0.1) is 5.02 Å². The van der Waals surface area contributed by atoms with Crippen molar-refractivity contribution in [2.75, 3.05) is 0 Å². The highest BCUT2D eigenvalue weighted by Gasteiger charge is 2.08. The Morgan fingerprint density at radius 1 is 0.880 bits per heavy atom. The van der Waals surface area contributed by atoms with E-state index < -0.39 is 0 Å². The van der Waals surface area contributed by atoms with Crippen LogP contribution in [0.15, 0.2) is 71.5 Å². The number of oxazole rings is 1. The molecule has 25 heavy (non-hydrogen) atoms. The first-order chi connectivity index (χ1) is 12.2. The van der Waals surface area contributed by atoms with Crippen molar-refractivity contribution >= 4 is 34.3 Å². The molecule has 4 rings (SSSR count). The van der Waals surface area contributed by atoms with Crippen LogP contribution in [0, 0.1) is 0 Å². The zero-order valence-electron chi connectivity index (χ0n) is 13.1. The van der Waals surface area contributed by atoms with Gasteiger partial charge in [-0.2, -0.15) is 0 Å². The van der Waals surface area contributed by atoms with Gasteiger partial charge in [-0.15, -0.1) is 0 Å². The Morgan fingerprint density at radius 2 is 1.68 bits per heavy atom. The average Bonchev–Trinajstić information content (AvgIpc) is 3.09. The zero-order chi connectivity index (χ0) is 17.2. The Bertz CT molecular complexity index is 1040. The van der Waals surface area contributed by atoms with E-state index >= 15 is 0 Å². The highest BCUT2D eigenvalue weighted by Crippen LogP contribution is 2.32. The molecule has 0 aliphatic carbocycles. The maximum Gasteiger partial charge on any atom is 0.181 e. The summed E-state index contributed by atoms with van der Waals surface area (Å²) in [5.74, 6) is 0.617. The second-order valence-electron chi connectivity index (χ2n) is 5.56. The monoisotopic (exact) mass is 369 g/mol. The van der Waals surface area contributed by atoms with Crippen molar-refractivity contribution < 1.29 is 9.15 Å². The Labute approximate surface area is 154 Å². The molecule has 0 atom stereocenters. The van der Waals surface area contributed by atoms with E-state index in [1.165, 1.54) is 6.39 Å². The normalized spacial score (nSPS) is 11.0. The predicted molar refractivity (Wildman–Crippen MR) is 100 cm³/mol. The smallest absolute Gasteiger partial charge is 0.181 e. The van der Waals surface area contributed by atoms with Gasteiger partial charge in [0.15, 0.2) is 12.0 Å². The molecule has 4 aromatic rings. The maximum atomic E-state index is 6.39. The van der Waals surface area contributed by atoms with Crippen LogP contribution in [0.1, 0.15) is 5.56 Å². The second-order valence-corrected chi connectivity index (χ2v) is 6.37. The molecule has 0 saturated carbocycles. The number of ether oxygens (including phenoxy) is 1. The molecule has 0 aliphatic heterocycles. The minimum atomic E-state index is 0.364. The van der Waals surface area contributed by atoms with Gasteiger partial charge in [-0.3, -0.25) is 0 Å². The van der Waals surface area contributed by atoms with Crippen LogP contribution in [0.25, 0.3) is 22.2 Å². The third-order valence-corrected chi connectivity index (χ3v) is 4.60. The number of benzene rings is 3. The van der Waals surface area contributed by atoms with Gasteiger partial charge in [0.2, 0.25) is 0 Å². The summed E-state index contributed by atoms with van der Waals surface area (Å²) in [4.78, 5) is 4.12. The highest BCUT2D eigenvalue weighted by atomic mass is 35.5. The lowest BCUT2D eigenvalue weighted by atomic mass is 10.1. The molecule has 0 fully saturated rings. The molecule has 1 heterocycles. The van der Waals surface area contributed by atoms with Gasteiger partial charge in [-0.25, -0.2) is 4.98 Å². The first-order valence-corrected chi connectivity index (χ1v) is 8.46. The number of aromatic nitrogens is 1. The number of fused-ring (bicyclic) bond motifs is 1. The quantitative estimate of drug-likeness (QED) is 0.418. The summed E-state index contributed by atoms with van der Waals surface area (Å²) in [5.41, 5.74) is 4.47. The lowest BCUT2D eigenvalue weighted by Gasteiger charge is -2.11. The molecule has 0 radical (unpaired) electrons. The van der Waals surface area contributed by atoms with Gasteiger partial charge >= 0.3 is 0 Å². The average molecular weight is 370 g/mol. The molecule has 1 aromatic heterocycles. The summed E-state index contributed by atoms with van der Waals surface area (Å²) >= 11 is 12.5. The minimum Gasteiger partial charge on any atom is -0.487 e. The van der Waals surface area contributed by atoms with Crippen LogP contribution in [-0.4, -0.2) is 4.98 Å². The maximum absolute atomic E-state index is 6.39. The molecule has 0 amide bonds. The Morgan fingerprint density at radius 3 is 2.52 bits per heavy atom. The van der Waals surface area contributed by atoms with Crippen LogP contribution in [0.3, 0.4) is 0 Å². The van der Waals surface area contributed by atoms with E-state index in [4.69, 9.17) is 32.4 Å². The lowest BCUT2D eigenvalue weighted by molar-refractivity contribution is 0.306. The number of halogens is 2. The van der Waals surface area contributed by atoms with Crippen molar-refractivity contribution in [3.05, 3.63) is 82.7 Å². The summed E-state index contributed by atoms with van der Waals surface area (Å²) in [6.07, 6.45) is 1.44. The molecule has 3 nitrogen and oxygen atoms in total. The van der Waals surface area contributed by atoms with E-state index in [2.05, 4.69) is 4.98 Å². The van der Waals surface area contributed by atoms with Crippen molar-refractivity contribution in [2.24, 2.45) is 0 Å². The molecule has 0 saturated heterocycles. The molecule has 0 aliphatic rings. The third kappa shape index (κ3) is 3.34. The van der Waals surface area contributed by atoms with Crippen molar-refractivity contribution in [3.8, 4) is 16.9 Å². The zero-order valence-corrected chi connectivity index (χ0v) is 14.6. The topological polar surface area (TPSA) is 35.3 Å². The Balaban J connectivity index is 1.57. The van der Waals surface area contributed by atoms with E-state index in [1.54, 1.807) is 0 Å². The fourth-order valence-electron chi connectivity index (χ4n) is 2.60. The summed E-state index contributed by atoms with van der Waals surface area (Å²) in [6.45, 7) is 0.364. The van der Waals surface area contributed by atoms with Gasteiger partial charge in [-0.1, -0.05) is 53.5 Å². The van der Waals surface area contributed by atoms with Gasteiger partial charge in [-0.05, 0) is 41.5 Å². The Hall–Kier alpha value is -2.49. The fraction of sp³-hybridized carbons (Fsp3) is 0.0500.